The Morgan fingerprint density at radius 1 is 1.35 bits per heavy atom. The molecule has 1 heterocycles. The third-order valence-electron chi connectivity index (χ3n) is 2.78. The van der Waals surface area contributed by atoms with E-state index in [4.69, 9.17) is 9.52 Å². The molecule has 1 aromatic rings. The van der Waals surface area contributed by atoms with E-state index < -0.39 is 10.0 Å². The molecular weight excluding hydrogens is 284 g/mol. The Hall–Kier alpha value is -1.38. The van der Waals surface area contributed by atoms with E-state index >= 15 is 0 Å². The van der Waals surface area contributed by atoms with Gasteiger partial charge in [0.25, 0.3) is 15.9 Å². The van der Waals surface area contributed by atoms with Gasteiger partial charge in [0, 0.05) is 33.8 Å². The number of aliphatic hydroxyl groups excluding tert-OH is 1. The standard InChI is InChI=1S/C12H20N2O5S/c1-4-14(8-5-9-15)12(16)10-6-7-11(19-10)20(17,18)13(2)3/h6-7,15H,4-5,8-9H2,1-3H3. The van der Waals surface area contributed by atoms with Crippen molar-refractivity contribution in [3.05, 3.63) is 17.9 Å². The Bertz CT molecular complexity index is 550. The molecule has 0 saturated heterocycles. The summed E-state index contributed by atoms with van der Waals surface area (Å²) >= 11 is 0. The molecule has 114 valence electrons. The summed E-state index contributed by atoms with van der Waals surface area (Å²) in [6, 6.07) is 2.61. The first kappa shape index (κ1) is 16.7. The van der Waals surface area contributed by atoms with Crippen molar-refractivity contribution in [2.45, 2.75) is 18.4 Å². The number of rotatable bonds is 7. The van der Waals surface area contributed by atoms with Crippen molar-refractivity contribution in [2.75, 3.05) is 33.8 Å². The normalized spacial score (nSPS) is 11.8. The molecule has 8 heteroatoms. The van der Waals surface area contributed by atoms with E-state index in [9.17, 15) is 13.2 Å². The van der Waals surface area contributed by atoms with E-state index in [2.05, 4.69) is 0 Å². The van der Waals surface area contributed by atoms with Gasteiger partial charge in [-0.1, -0.05) is 0 Å². The molecule has 1 aromatic heterocycles. The number of aliphatic hydroxyl groups is 1. The topological polar surface area (TPSA) is 91.1 Å². The van der Waals surface area contributed by atoms with Gasteiger partial charge in [0.05, 0.1) is 0 Å². The van der Waals surface area contributed by atoms with E-state index in [1.54, 1.807) is 6.92 Å². The fourth-order valence-electron chi connectivity index (χ4n) is 1.57. The fourth-order valence-corrected chi connectivity index (χ4v) is 2.37. The largest absolute Gasteiger partial charge is 0.438 e. The number of nitrogens with zero attached hydrogens (tertiary/aromatic N) is 2. The van der Waals surface area contributed by atoms with Gasteiger partial charge >= 0.3 is 0 Å². The van der Waals surface area contributed by atoms with Crippen LogP contribution in [0.5, 0.6) is 0 Å². The number of sulfonamides is 1. The van der Waals surface area contributed by atoms with Crippen LogP contribution in [0.2, 0.25) is 0 Å². The molecule has 7 nitrogen and oxygen atoms in total. The maximum atomic E-state index is 12.1. The third-order valence-corrected chi connectivity index (χ3v) is 4.47. The second kappa shape index (κ2) is 6.87. The molecule has 0 fully saturated rings. The molecule has 1 rings (SSSR count). The first-order valence-corrected chi connectivity index (χ1v) is 7.71. The maximum absolute atomic E-state index is 12.1. The summed E-state index contributed by atoms with van der Waals surface area (Å²) in [5.41, 5.74) is 0. The summed E-state index contributed by atoms with van der Waals surface area (Å²) in [5, 5.41) is 8.53. The van der Waals surface area contributed by atoms with Crippen LogP contribution < -0.4 is 0 Å². The number of furan rings is 1. The smallest absolute Gasteiger partial charge is 0.289 e. The monoisotopic (exact) mass is 304 g/mol. The first-order chi connectivity index (χ1) is 9.34. The number of hydrogen-bond donors (Lipinski definition) is 1. The molecule has 0 atom stereocenters. The van der Waals surface area contributed by atoms with Gasteiger partial charge in [-0.3, -0.25) is 4.79 Å². The number of carbonyl (C=O) groups is 1. The van der Waals surface area contributed by atoms with Gasteiger partial charge in [-0.05, 0) is 25.5 Å². The van der Waals surface area contributed by atoms with E-state index in [0.29, 0.717) is 19.5 Å². The summed E-state index contributed by atoms with van der Waals surface area (Å²) < 4.78 is 29.9. The number of amides is 1. The van der Waals surface area contributed by atoms with Gasteiger partial charge in [0.1, 0.15) is 0 Å². The molecule has 0 bridgehead atoms. The highest BCUT2D eigenvalue weighted by Crippen LogP contribution is 2.18. The molecule has 0 radical (unpaired) electrons. The van der Waals surface area contributed by atoms with E-state index in [1.165, 1.54) is 31.1 Å². The Balaban J connectivity index is 2.94. The summed E-state index contributed by atoms with van der Waals surface area (Å²) in [6.07, 6.45) is 0.461. The van der Waals surface area contributed by atoms with Gasteiger partial charge in [-0.25, -0.2) is 12.7 Å². The Morgan fingerprint density at radius 2 is 2.00 bits per heavy atom. The molecule has 0 spiro atoms. The highest BCUT2D eigenvalue weighted by Gasteiger charge is 2.25. The van der Waals surface area contributed by atoms with Crippen molar-refractivity contribution in [3.63, 3.8) is 0 Å². The van der Waals surface area contributed by atoms with Crippen LogP contribution in [0.3, 0.4) is 0 Å². The average Bonchev–Trinajstić information content (AvgIpc) is 2.89. The summed E-state index contributed by atoms with van der Waals surface area (Å²) in [7, 11) is -0.907. The van der Waals surface area contributed by atoms with Crippen molar-refractivity contribution in [3.8, 4) is 0 Å². The second-order valence-electron chi connectivity index (χ2n) is 4.37. The number of hydrogen-bond acceptors (Lipinski definition) is 5. The van der Waals surface area contributed by atoms with Crippen molar-refractivity contribution in [1.29, 1.82) is 0 Å². The highest BCUT2D eigenvalue weighted by atomic mass is 32.2. The Morgan fingerprint density at radius 3 is 2.50 bits per heavy atom. The lowest BCUT2D eigenvalue weighted by Gasteiger charge is -2.18. The van der Waals surface area contributed by atoms with Crippen molar-refractivity contribution >= 4 is 15.9 Å². The molecule has 1 amide bonds. The zero-order valence-corrected chi connectivity index (χ0v) is 12.7. The lowest BCUT2D eigenvalue weighted by molar-refractivity contribution is 0.0716. The lowest BCUT2D eigenvalue weighted by Crippen LogP contribution is -2.32. The molecule has 20 heavy (non-hydrogen) atoms. The zero-order valence-electron chi connectivity index (χ0n) is 11.9. The molecular formula is C12H20N2O5S. The average molecular weight is 304 g/mol. The SMILES string of the molecule is CCN(CCCO)C(=O)c1ccc(S(=O)(=O)N(C)C)o1. The second-order valence-corrected chi connectivity index (χ2v) is 6.45. The van der Waals surface area contributed by atoms with Crippen LogP contribution in [0.25, 0.3) is 0 Å². The Labute approximate surface area is 118 Å². The molecule has 0 aliphatic carbocycles. The predicted octanol–water partition coefficient (Wildman–Crippen LogP) is 0.374. The molecule has 0 aromatic carbocycles. The van der Waals surface area contributed by atoms with Gasteiger partial charge in [0.15, 0.2) is 5.76 Å². The quantitative estimate of drug-likeness (QED) is 0.786. The van der Waals surface area contributed by atoms with Gasteiger partial charge in [0.2, 0.25) is 5.09 Å². The van der Waals surface area contributed by atoms with Crippen LogP contribution >= 0.6 is 0 Å². The van der Waals surface area contributed by atoms with Crippen LogP contribution in [0.15, 0.2) is 21.6 Å². The fraction of sp³-hybridized carbons (Fsp3) is 0.583. The summed E-state index contributed by atoms with van der Waals surface area (Å²) in [4.78, 5) is 13.6. The van der Waals surface area contributed by atoms with Crippen molar-refractivity contribution < 1.29 is 22.7 Å². The summed E-state index contributed by atoms with van der Waals surface area (Å²) in [5.74, 6) is -0.411. The van der Waals surface area contributed by atoms with Crippen LogP contribution in [-0.4, -0.2) is 62.4 Å². The Kier molecular flexibility index (Phi) is 5.73. The highest BCUT2D eigenvalue weighted by molar-refractivity contribution is 7.88. The molecule has 0 saturated carbocycles. The van der Waals surface area contributed by atoms with Crippen molar-refractivity contribution in [1.82, 2.24) is 9.21 Å². The van der Waals surface area contributed by atoms with Crippen LogP contribution in [-0.2, 0) is 10.0 Å². The molecule has 0 unspecified atom stereocenters. The van der Waals surface area contributed by atoms with Crippen LogP contribution in [0.1, 0.15) is 23.9 Å². The number of carbonyl (C=O) groups excluding carboxylic acids is 1. The lowest BCUT2D eigenvalue weighted by atomic mass is 10.3. The van der Waals surface area contributed by atoms with E-state index in [-0.39, 0.29) is 23.4 Å². The van der Waals surface area contributed by atoms with E-state index in [0.717, 1.165) is 4.31 Å². The van der Waals surface area contributed by atoms with Crippen LogP contribution in [0, 0.1) is 0 Å². The molecule has 0 aliphatic heterocycles. The maximum Gasteiger partial charge on any atom is 0.289 e. The van der Waals surface area contributed by atoms with E-state index in [1.807, 2.05) is 0 Å². The zero-order chi connectivity index (χ0) is 15.3. The van der Waals surface area contributed by atoms with Gasteiger partial charge < -0.3 is 14.4 Å². The minimum Gasteiger partial charge on any atom is -0.438 e. The molecule has 0 aliphatic rings. The first-order valence-electron chi connectivity index (χ1n) is 6.27. The van der Waals surface area contributed by atoms with Crippen molar-refractivity contribution in [2.24, 2.45) is 0 Å². The molecule has 1 N–H and O–H groups in total. The summed E-state index contributed by atoms with van der Waals surface area (Å²) in [6.45, 7) is 2.63. The predicted molar refractivity (Wildman–Crippen MR) is 72.9 cm³/mol. The minimum absolute atomic E-state index is 0.0117. The minimum atomic E-state index is -3.68. The van der Waals surface area contributed by atoms with Gasteiger partial charge in [-0.15, -0.1) is 0 Å². The van der Waals surface area contributed by atoms with Gasteiger partial charge in [-0.2, -0.15) is 0 Å². The van der Waals surface area contributed by atoms with Crippen LogP contribution in [0.4, 0.5) is 0 Å². The third kappa shape index (κ3) is 3.59.